The number of anilines is 1. The average molecular weight is 266 g/mol. The Morgan fingerprint density at radius 1 is 1.56 bits per heavy atom. The largest absolute Gasteiger partial charge is 0.461 e. The molecule has 7 heteroatoms. The predicted molar refractivity (Wildman–Crippen MR) is 69.1 cm³/mol. The SMILES string of the molecule is CCOC(=O)c1ncn(-c2nc(C)c(C)s2)c1N. The third-order valence-electron chi connectivity index (χ3n) is 2.50. The number of esters is 1. The molecule has 0 radical (unpaired) electrons. The summed E-state index contributed by atoms with van der Waals surface area (Å²) in [5.74, 6) is -0.263. The summed E-state index contributed by atoms with van der Waals surface area (Å²) in [4.78, 5) is 21.0. The zero-order valence-corrected chi connectivity index (χ0v) is 11.2. The highest BCUT2D eigenvalue weighted by atomic mass is 32.1. The van der Waals surface area contributed by atoms with Crippen LogP contribution < -0.4 is 5.73 Å². The number of rotatable bonds is 3. The first kappa shape index (κ1) is 12.6. The van der Waals surface area contributed by atoms with Gasteiger partial charge < -0.3 is 10.5 Å². The van der Waals surface area contributed by atoms with E-state index in [-0.39, 0.29) is 11.5 Å². The average Bonchev–Trinajstić information content (AvgIpc) is 2.84. The van der Waals surface area contributed by atoms with Crippen molar-refractivity contribution in [2.45, 2.75) is 20.8 Å². The number of nitrogen functional groups attached to an aromatic ring is 1. The van der Waals surface area contributed by atoms with Gasteiger partial charge in [-0.15, -0.1) is 11.3 Å². The van der Waals surface area contributed by atoms with Gasteiger partial charge in [0.05, 0.1) is 12.3 Å². The maximum atomic E-state index is 11.6. The summed E-state index contributed by atoms with van der Waals surface area (Å²) in [5.41, 5.74) is 6.96. The second kappa shape index (κ2) is 4.77. The van der Waals surface area contributed by atoms with Crippen LogP contribution in [0.2, 0.25) is 0 Å². The summed E-state index contributed by atoms with van der Waals surface area (Å²) in [6.45, 7) is 5.93. The Morgan fingerprint density at radius 2 is 2.28 bits per heavy atom. The maximum Gasteiger partial charge on any atom is 0.360 e. The van der Waals surface area contributed by atoms with Crippen LogP contribution in [-0.4, -0.2) is 27.1 Å². The molecule has 2 aromatic heterocycles. The second-order valence-electron chi connectivity index (χ2n) is 3.71. The van der Waals surface area contributed by atoms with Crippen LogP contribution in [0.1, 0.15) is 28.0 Å². The fourth-order valence-corrected chi connectivity index (χ4v) is 2.32. The van der Waals surface area contributed by atoms with Gasteiger partial charge in [-0.2, -0.15) is 0 Å². The molecule has 0 aliphatic rings. The number of nitrogens with two attached hydrogens (primary N) is 1. The minimum Gasteiger partial charge on any atom is -0.461 e. The predicted octanol–water partition coefficient (Wildman–Crippen LogP) is 1.70. The number of aryl methyl sites for hydroxylation is 2. The van der Waals surface area contributed by atoms with Crippen molar-refractivity contribution in [3.05, 3.63) is 22.6 Å². The molecule has 96 valence electrons. The lowest BCUT2D eigenvalue weighted by atomic mass is 10.4. The first-order valence-corrected chi connectivity index (χ1v) is 6.30. The molecule has 0 spiro atoms. The van der Waals surface area contributed by atoms with Crippen LogP contribution in [0, 0.1) is 13.8 Å². The monoisotopic (exact) mass is 266 g/mol. The summed E-state index contributed by atoms with van der Waals surface area (Å²) in [7, 11) is 0. The molecule has 0 aliphatic carbocycles. The first-order chi connectivity index (χ1) is 8.54. The van der Waals surface area contributed by atoms with Gasteiger partial charge in [-0.1, -0.05) is 0 Å². The van der Waals surface area contributed by atoms with Crippen LogP contribution in [0.15, 0.2) is 6.33 Å². The van der Waals surface area contributed by atoms with E-state index in [4.69, 9.17) is 10.5 Å². The van der Waals surface area contributed by atoms with Crippen molar-refractivity contribution in [2.24, 2.45) is 0 Å². The molecule has 0 bridgehead atoms. The lowest BCUT2D eigenvalue weighted by Gasteiger charge is -2.01. The molecular formula is C11H14N4O2S. The van der Waals surface area contributed by atoms with Gasteiger partial charge in [0.25, 0.3) is 0 Å². The Bertz CT molecular complexity index is 568. The van der Waals surface area contributed by atoms with Crippen molar-refractivity contribution in [3.8, 4) is 5.13 Å². The molecule has 0 aromatic carbocycles. The highest BCUT2D eigenvalue weighted by molar-refractivity contribution is 7.14. The minimum atomic E-state index is -0.515. The fourth-order valence-electron chi connectivity index (χ4n) is 1.43. The zero-order valence-electron chi connectivity index (χ0n) is 10.4. The van der Waals surface area contributed by atoms with Gasteiger partial charge in [0.15, 0.2) is 10.8 Å². The topological polar surface area (TPSA) is 83.0 Å². The molecule has 0 aliphatic heterocycles. The Labute approximate surface area is 108 Å². The minimum absolute atomic E-state index is 0.127. The molecule has 18 heavy (non-hydrogen) atoms. The van der Waals surface area contributed by atoms with Crippen LogP contribution in [0.4, 0.5) is 5.82 Å². The summed E-state index contributed by atoms with van der Waals surface area (Å²) in [6.07, 6.45) is 1.49. The number of aromatic nitrogens is 3. The highest BCUT2D eigenvalue weighted by Gasteiger charge is 2.19. The van der Waals surface area contributed by atoms with Gasteiger partial charge >= 0.3 is 5.97 Å². The number of carbonyl (C=O) groups excluding carboxylic acids is 1. The Morgan fingerprint density at radius 3 is 2.83 bits per heavy atom. The van der Waals surface area contributed by atoms with Gasteiger partial charge in [-0.05, 0) is 20.8 Å². The third kappa shape index (κ3) is 2.08. The van der Waals surface area contributed by atoms with E-state index < -0.39 is 5.97 Å². The van der Waals surface area contributed by atoms with Crippen LogP contribution in [-0.2, 0) is 4.74 Å². The molecule has 0 atom stereocenters. The number of hydrogen-bond acceptors (Lipinski definition) is 6. The third-order valence-corrected chi connectivity index (χ3v) is 3.57. The molecule has 0 saturated carbocycles. The van der Waals surface area contributed by atoms with Gasteiger partial charge in [0.2, 0.25) is 0 Å². The van der Waals surface area contributed by atoms with Crippen LogP contribution >= 0.6 is 11.3 Å². The maximum absolute atomic E-state index is 11.6. The van der Waals surface area contributed by atoms with E-state index in [0.717, 1.165) is 10.6 Å². The smallest absolute Gasteiger partial charge is 0.360 e. The summed E-state index contributed by atoms with van der Waals surface area (Å²) >= 11 is 1.50. The van der Waals surface area contributed by atoms with Gasteiger partial charge in [-0.25, -0.2) is 14.8 Å². The van der Waals surface area contributed by atoms with E-state index in [9.17, 15) is 4.79 Å². The molecule has 0 fully saturated rings. The van der Waals surface area contributed by atoms with E-state index >= 15 is 0 Å². The summed E-state index contributed by atoms with van der Waals surface area (Å²) in [6, 6.07) is 0. The highest BCUT2D eigenvalue weighted by Crippen LogP contribution is 2.24. The fraction of sp³-hybridized carbons (Fsp3) is 0.364. The van der Waals surface area contributed by atoms with Crippen LogP contribution in [0.5, 0.6) is 0 Å². The lowest BCUT2D eigenvalue weighted by molar-refractivity contribution is 0.0521. The lowest BCUT2D eigenvalue weighted by Crippen LogP contribution is -2.09. The molecular weight excluding hydrogens is 252 g/mol. The molecule has 6 nitrogen and oxygen atoms in total. The molecule has 0 unspecified atom stereocenters. The summed E-state index contributed by atoms with van der Waals surface area (Å²) < 4.78 is 6.47. The van der Waals surface area contributed by atoms with Gasteiger partial charge in [-0.3, -0.25) is 4.57 Å². The van der Waals surface area contributed by atoms with Crippen LogP contribution in [0.25, 0.3) is 5.13 Å². The normalized spacial score (nSPS) is 10.6. The first-order valence-electron chi connectivity index (χ1n) is 5.49. The number of ether oxygens (including phenoxy) is 1. The van der Waals surface area contributed by atoms with Gasteiger partial charge in [0, 0.05) is 4.88 Å². The van der Waals surface area contributed by atoms with Crippen LogP contribution in [0.3, 0.4) is 0 Å². The number of thiazole rings is 1. The number of imidazole rings is 1. The standard InChI is InChI=1S/C11H14N4O2S/c1-4-17-10(16)8-9(12)15(5-13-8)11-14-6(2)7(3)18-11/h5H,4,12H2,1-3H3. The van der Waals surface area contributed by atoms with Crippen molar-refractivity contribution in [3.63, 3.8) is 0 Å². The van der Waals surface area contributed by atoms with Crippen molar-refractivity contribution in [1.29, 1.82) is 0 Å². The number of hydrogen-bond donors (Lipinski definition) is 1. The van der Waals surface area contributed by atoms with E-state index in [2.05, 4.69) is 9.97 Å². The molecule has 2 heterocycles. The van der Waals surface area contributed by atoms with E-state index in [1.54, 1.807) is 11.5 Å². The molecule has 0 amide bonds. The zero-order chi connectivity index (χ0) is 13.3. The molecule has 2 rings (SSSR count). The number of carbonyl (C=O) groups is 1. The Balaban J connectivity index is 2.39. The molecule has 2 N–H and O–H groups in total. The van der Waals surface area contributed by atoms with Crippen molar-refractivity contribution < 1.29 is 9.53 Å². The van der Waals surface area contributed by atoms with Crippen molar-refractivity contribution in [2.75, 3.05) is 12.3 Å². The Kier molecular flexibility index (Phi) is 3.33. The second-order valence-corrected chi connectivity index (χ2v) is 4.89. The summed E-state index contributed by atoms with van der Waals surface area (Å²) in [5, 5.41) is 0.700. The quantitative estimate of drug-likeness (QED) is 0.855. The van der Waals surface area contributed by atoms with E-state index in [1.165, 1.54) is 17.7 Å². The molecule has 0 saturated heterocycles. The van der Waals surface area contributed by atoms with E-state index in [1.807, 2.05) is 13.8 Å². The molecule has 2 aromatic rings. The van der Waals surface area contributed by atoms with Crippen molar-refractivity contribution in [1.82, 2.24) is 14.5 Å². The van der Waals surface area contributed by atoms with Crippen molar-refractivity contribution >= 4 is 23.1 Å². The van der Waals surface area contributed by atoms with E-state index in [0.29, 0.717) is 11.7 Å². The number of nitrogens with zero attached hydrogens (tertiary/aromatic N) is 3. The Hall–Kier alpha value is -1.89. The van der Waals surface area contributed by atoms with Gasteiger partial charge in [0.1, 0.15) is 12.1 Å².